The first-order valence-electron chi connectivity index (χ1n) is 17.9. The highest BCUT2D eigenvalue weighted by Crippen LogP contribution is 2.39. The number of alkyl halides is 3. The second-order valence-corrected chi connectivity index (χ2v) is 21.2. The summed E-state index contributed by atoms with van der Waals surface area (Å²) < 4.78 is 69.5. The lowest BCUT2D eigenvalue weighted by Crippen LogP contribution is -2.48. The fourth-order valence-electron chi connectivity index (χ4n) is 6.57. The monoisotopic (exact) mass is 772 g/mol. The van der Waals surface area contributed by atoms with Gasteiger partial charge >= 0.3 is 12.1 Å². The van der Waals surface area contributed by atoms with Crippen molar-refractivity contribution < 1.29 is 26.4 Å². The molecule has 6 atom stereocenters. The second kappa shape index (κ2) is 17.8. The first-order valence-corrected chi connectivity index (χ1v) is 20.2. The molecule has 0 bridgehead atoms. The van der Waals surface area contributed by atoms with Crippen LogP contribution >= 0.6 is 0 Å². The maximum Gasteiger partial charge on any atom is 0.471 e. The molecular formula is C36H59F3N8O3S2. The summed E-state index contributed by atoms with van der Waals surface area (Å²) in [5.41, 5.74) is 1.16. The van der Waals surface area contributed by atoms with Crippen LogP contribution in [0.25, 0.3) is 0 Å². The summed E-state index contributed by atoms with van der Waals surface area (Å²) in [5, 5.41) is 3.57. The Labute approximate surface area is 313 Å². The average Bonchev–Trinajstić information content (AvgIpc) is 3.56. The smallest absolute Gasteiger partial charge is 0.329 e. The third kappa shape index (κ3) is 13.5. The van der Waals surface area contributed by atoms with Crippen molar-refractivity contribution in [1.29, 1.82) is 0 Å². The molecule has 2 aliphatic heterocycles. The minimum atomic E-state index is -4.87. The number of hydrogen-bond donors (Lipinski definition) is 3. The molecule has 4 heterocycles. The van der Waals surface area contributed by atoms with Crippen LogP contribution < -0.4 is 14.8 Å². The zero-order chi connectivity index (χ0) is 39.1. The van der Waals surface area contributed by atoms with Gasteiger partial charge in [-0.05, 0) is 126 Å². The zero-order valence-electron chi connectivity index (χ0n) is 32.3. The minimum Gasteiger partial charge on any atom is -0.329 e. The summed E-state index contributed by atoms with van der Waals surface area (Å²) in [4.78, 5) is 29.0. The molecule has 4 rings (SSSR count). The van der Waals surface area contributed by atoms with Gasteiger partial charge in [0.15, 0.2) is 0 Å². The van der Waals surface area contributed by atoms with Crippen LogP contribution in [0.2, 0.25) is 0 Å². The Balaban J connectivity index is 0.000000288. The number of likely N-dealkylation sites (tertiary alicyclic amines) is 1. The summed E-state index contributed by atoms with van der Waals surface area (Å²) in [6.45, 7) is 20.5. The Morgan fingerprint density at radius 3 is 1.60 bits per heavy atom. The van der Waals surface area contributed by atoms with Gasteiger partial charge in [-0.15, -0.1) is 0 Å². The van der Waals surface area contributed by atoms with Crippen molar-refractivity contribution in [3.8, 4) is 0 Å². The van der Waals surface area contributed by atoms with Crippen LogP contribution in [0.5, 0.6) is 0 Å². The Kier molecular flexibility index (Phi) is 15.1. The predicted molar refractivity (Wildman–Crippen MR) is 200 cm³/mol. The molecule has 1 amide bonds. The first kappa shape index (κ1) is 44.0. The van der Waals surface area contributed by atoms with Gasteiger partial charge < -0.3 is 10.2 Å². The molecule has 0 aliphatic carbocycles. The van der Waals surface area contributed by atoms with E-state index in [9.17, 15) is 26.4 Å². The molecule has 2 aromatic heterocycles. The summed E-state index contributed by atoms with van der Waals surface area (Å²) in [7, 11) is -2.44. The van der Waals surface area contributed by atoms with Crippen molar-refractivity contribution in [2.45, 2.75) is 147 Å². The van der Waals surface area contributed by atoms with Gasteiger partial charge in [-0.1, -0.05) is 0 Å². The molecule has 294 valence electrons. The summed E-state index contributed by atoms with van der Waals surface area (Å²) in [5.74, 6) is -1.19. The minimum absolute atomic E-state index is 0.0278. The number of nitrogens with one attached hydrogen (secondary N) is 3. The maximum absolute atomic E-state index is 12.9. The highest BCUT2D eigenvalue weighted by Gasteiger charge is 2.51. The van der Waals surface area contributed by atoms with E-state index >= 15 is 0 Å². The number of nitrogens with zero attached hydrogens (tertiary/aromatic N) is 5. The third-order valence-electron chi connectivity index (χ3n) is 9.42. The van der Waals surface area contributed by atoms with Crippen molar-refractivity contribution in [2.24, 2.45) is 11.8 Å². The molecule has 4 unspecified atom stereocenters. The topological polar surface area (TPSA) is 142 Å². The van der Waals surface area contributed by atoms with Gasteiger partial charge in [-0.25, -0.2) is 37.8 Å². The van der Waals surface area contributed by atoms with Crippen LogP contribution in [-0.2, 0) is 26.8 Å². The van der Waals surface area contributed by atoms with Crippen molar-refractivity contribution in [1.82, 2.24) is 39.6 Å². The van der Waals surface area contributed by atoms with Crippen molar-refractivity contribution >= 4 is 27.9 Å². The van der Waals surface area contributed by atoms with Crippen LogP contribution in [0.3, 0.4) is 0 Å². The molecule has 2 aliphatic rings. The third-order valence-corrected chi connectivity index (χ3v) is 12.6. The molecule has 2 aromatic rings. The largest absolute Gasteiger partial charge is 0.471 e. The van der Waals surface area contributed by atoms with E-state index in [-0.39, 0.29) is 34.8 Å². The van der Waals surface area contributed by atoms with Gasteiger partial charge in [0.05, 0.1) is 31.5 Å². The fourth-order valence-corrected chi connectivity index (χ4v) is 8.30. The fraction of sp³-hybridized carbons (Fsp3) is 0.750. The highest BCUT2D eigenvalue weighted by atomic mass is 32.2. The lowest BCUT2D eigenvalue weighted by atomic mass is 9.91. The van der Waals surface area contributed by atoms with Gasteiger partial charge in [0, 0.05) is 65.6 Å². The number of carbonyl (C=O) groups is 1. The van der Waals surface area contributed by atoms with Crippen LogP contribution in [0.15, 0.2) is 37.4 Å². The quantitative estimate of drug-likeness (QED) is 0.229. The first-order chi connectivity index (χ1) is 23.9. The molecule has 3 N–H and O–H groups in total. The van der Waals surface area contributed by atoms with Crippen molar-refractivity contribution in [3.63, 3.8) is 0 Å². The highest BCUT2D eigenvalue weighted by molar-refractivity contribution is 7.84. The summed E-state index contributed by atoms with van der Waals surface area (Å²) in [6.07, 6.45) is 9.83. The molecule has 2 saturated heterocycles. The SMILES string of the molecule is CC1(C)C[C@H](CCC(NS(=O)C(C)(C)C)c2cncnc2)CN1.CC1(C)C[C@H](CCC(NS(=O)C(C)(C)C)c2cncnc2)CN1C(=O)C(F)(F)F. The Bertz CT molecular complexity index is 1490. The van der Waals surface area contributed by atoms with Crippen LogP contribution in [-0.4, -0.2) is 79.0 Å². The molecular weight excluding hydrogens is 714 g/mol. The average molecular weight is 773 g/mol. The number of carbonyl (C=O) groups excluding carboxylic acids is 1. The molecule has 0 saturated carbocycles. The number of aromatic nitrogens is 4. The van der Waals surface area contributed by atoms with E-state index in [1.807, 2.05) is 53.9 Å². The van der Waals surface area contributed by atoms with Crippen LogP contribution in [0, 0.1) is 11.8 Å². The van der Waals surface area contributed by atoms with Crippen LogP contribution in [0.1, 0.15) is 131 Å². The summed E-state index contributed by atoms with van der Waals surface area (Å²) in [6, 6.07) is -0.272. The Morgan fingerprint density at radius 2 is 1.23 bits per heavy atom. The van der Waals surface area contributed by atoms with Gasteiger partial charge in [0.25, 0.3) is 0 Å². The Morgan fingerprint density at radius 1 is 0.808 bits per heavy atom. The molecule has 52 heavy (non-hydrogen) atoms. The molecule has 2 fully saturated rings. The van der Waals surface area contributed by atoms with E-state index < -0.39 is 44.3 Å². The lowest BCUT2D eigenvalue weighted by Gasteiger charge is -2.31. The normalized spacial score (nSPS) is 22.6. The zero-order valence-corrected chi connectivity index (χ0v) is 34.0. The van der Waals surface area contributed by atoms with E-state index in [1.165, 1.54) is 19.1 Å². The maximum atomic E-state index is 12.9. The van der Waals surface area contributed by atoms with Gasteiger partial charge in [0.1, 0.15) is 12.7 Å². The van der Waals surface area contributed by atoms with E-state index in [4.69, 9.17) is 0 Å². The standard InChI is InChI=1S/C19H29F3N4O2S.C17H30N4OS/c1-17(2,3)29(28)25-15(14-9-23-12-24-10-14)7-6-13-8-18(4,5)26(11-13)16(27)19(20,21)22;1-16(2,3)23(22)21-15(14-10-18-12-19-11-14)7-6-13-8-17(4,5)20-9-13/h9-10,12-13,15,25H,6-8,11H2,1-5H3;10-13,15,20-21H,6-9H2,1-5H3/t13-,15?,29?;13-,15?,23?/m00/s1. The number of hydrogen-bond acceptors (Lipinski definition) is 8. The van der Waals surface area contributed by atoms with Gasteiger partial charge in [-0.3, -0.25) is 4.79 Å². The van der Waals surface area contributed by atoms with E-state index in [0.717, 1.165) is 35.4 Å². The summed E-state index contributed by atoms with van der Waals surface area (Å²) >= 11 is 0. The molecule has 11 nitrogen and oxygen atoms in total. The second-order valence-electron chi connectivity index (χ2n) is 17.2. The van der Waals surface area contributed by atoms with Crippen LogP contribution in [0.4, 0.5) is 13.2 Å². The van der Waals surface area contributed by atoms with Gasteiger partial charge in [0.2, 0.25) is 0 Å². The number of rotatable bonds is 12. The number of halogens is 3. The number of amides is 1. The van der Waals surface area contributed by atoms with E-state index in [2.05, 4.69) is 48.5 Å². The molecule has 0 aromatic carbocycles. The molecule has 16 heteroatoms. The molecule has 0 spiro atoms. The van der Waals surface area contributed by atoms with Gasteiger partial charge in [-0.2, -0.15) is 13.2 Å². The predicted octanol–water partition coefficient (Wildman–Crippen LogP) is 6.28. The lowest BCUT2D eigenvalue weighted by molar-refractivity contribution is -0.188. The Hall–Kier alpha value is -2.40. The van der Waals surface area contributed by atoms with E-state index in [0.29, 0.717) is 25.2 Å². The van der Waals surface area contributed by atoms with Crippen molar-refractivity contribution in [2.75, 3.05) is 13.1 Å². The molecule has 0 radical (unpaired) electrons. The van der Waals surface area contributed by atoms with E-state index in [1.54, 1.807) is 26.2 Å². The van der Waals surface area contributed by atoms with Crippen molar-refractivity contribution in [3.05, 3.63) is 48.6 Å².